The molecule has 0 saturated carbocycles. The standard InChI is InChI=1S/C11H14N2O2S/c1-12-10(14)7-13(2)11(15)8-5-3-4-6-9(8)16/h3-6,16H,7H2,1-2H3,(H,12,14). The van der Waals surface area contributed by atoms with E-state index in [1.165, 1.54) is 11.9 Å². The van der Waals surface area contributed by atoms with Gasteiger partial charge in [0.2, 0.25) is 5.91 Å². The molecule has 1 aromatic carbocycles. The van der Waals surface area contributed by atoms with E-state index in [0.717, 1.165) is 0 Å². The van der Waals surface area contributed by atoms with E-state index in [2.05, 4.69) is 17.9 Å². The van der Waals surface area contributed by atoms with Crippen LogP contribution in [0.1, 0.15) is 10.4 Å². The molecule has 1 N–H and O–H groups in total. The van der Waals surface area contributed by atoms with Crippen molar-refractivity contribution >= 4 is 24.4 Å². The summed E-state index contributed by atoms with van der Waals surface area (Å²) in [6.07, 6.45) is 0. The molecule has 0 saturated heterocycles. The van der Waals surface area contributed by atoms with Crippen LogP contribution in [0.5, 0.6) is 0 Å². The Morgan fingerprint density at radius 2 is 2.00 bits per heavy atom. The summed E-state index contributed by atoms with van der Waals surface area (Å²) in [6, 6.07) is 6.99. The van der Waals surface area contributed by atoms with Crippen molar-refractivity contribution in [3.8, 4) is 0 Å². The van der Waals surface area contributed by atoms with E-state index in [0.29, 0.717) is 10.5 Å². The molecule has 0 unspecified atom stereocenters. The highest BCUT2D eigenvalue weighted by atomic mass is 32.1. The SMILES string of the molecule is CNC(=O)CN(C)C(=O)c1ccccc1S. The van der Waals surface area contributed by atoms with E-state index in [-0.39, 0.29) is 18.4 Å². The predicted molar refractivity (Wildman–Crippen MR) is 64.7 cm³/mol. The molecule has 0 fully saturated rings. The molecule has 0 aliphatic carbocycles. The number of likely N-dealkylation sites (N-methyl/N-ethyl adjacent to an activating group) is 2. The molecule has 0 atom stereocenters. The van der Waals surface area contributed by atoms with Crippen molar-refractivity contribution in [1.29, 1.82) is 0 Å². The fraction of sp³-hybridized carbons (Fsp3) is 0.273. The lowest BCUT2D eigenvalue weighted by Crippen LogP contribution is -2.37. The molecule has 1 rings (SSSR count). The highest BCUT2D eigenvalue weighted by Gasteiger charge is 2.15. The van der Waals surface area contributed by atoms with Crippen LogP contribution in [0.25, 0.3) is 0 Å². The molecule has 0 aliphatic heterocycles. The normalized spacial score (nSPS) is 9.69. The first-order valence-corrected chi connectivity index (χ1v) is 5.25. The third kappa shape index (κ3) is 3.00. The van der Waals surface area contributed by atoms with E-state index < -0.39 is 0 Å². The Balaban J connectivity index is 2.79. The van der Waals surface area contributed by atoms with E-state index in [9.17, 15) is 9.59 Å². The summed E-state index contributed by atoms with van der Waals surface area (Å²) in [6.45, 7) is 0.0391. The summed E-state index contributed by atoms with van der Waals surface area (Å²) < 4.78 is 0. The molecule has 16 heavy (non-hydrogen) atoms. The monoisotopic (exact) mass is 238 g/mol. The van der Waals surface area contributed by atoms with Crippen molar-refractivity contribution < 1.29 is 9.59 Å². The van der Waals surface area contributed by atoms with Crippen LogP contribution in [-0.2, 0) is 4.79 Å². The second-order valence-corrected chi connectivity index (χ2v) is 3.83. The highest BCUT2D eigenvalue weighted by molar-refractivity contribution is 7.80. The maximum absolute atomic E-state index is 11.9. The Hall–Kier alpha value is -1.49. The molecule has 4 nitrogen and oxygen atoms in total. The summed E-state index contributed by atoms with van der Waals surface area (Å²) in [5, 5.41) is 2.46. The third-order valence-corrected chi connectivity index (χ3v) is 2.53. The van der Waals surface area contributed by atoms with E-state index in [1.807, 2.05) is 0 Å². The van der Waals surface area contributed by atoms with Crippen molar-refractivity contribution in [2.45, 2.75) is 4.90 Å². The summed E-state index contributed by atoms with van der Waals surface area (Å²) in [7, 11) is 3.12. The molecule has 0 radical (unpaired) electrons. The van der Waals surface area contributed by atoms with Crippen LogP contribution in [0.2, 0.25) is 0 Å². The number of rotatable bonds is 3. The Morgan fingerprint density at radius 3 is 2.56 bits per heavy atom. The van der Waals surface area contributed by atoms with Gasteiger partial charge >= 0.3 is 0 Å². The Morgan fingerprint density at radius 1 is 1.38 bits per heavy atom. The fourth-order valence-corrected chi connectivity index (χ4v) is 1.48. The van der Waals surface area contributed by atoms with E-state index in [1.54, 1.807) is 31.3 Å². The van der Waals surface area contributed by atoms with Crippen molar-refractivity contribution in [3.63, 3.8) is 0 Å². The summed E-state index contributed by atoms with van der Waals surface area (Å²) >= 11 is 4.20. The zero-order valence-corrected chi connectivity index (χ0v) is 10.1. The maximum Gasteiger partial charge on any atom is 0.255 e. The van der Waals surface area contributed by atoms with Gasteiger partial charge in [-0.3, -0.25) is 9.59 Å². The molecule has 0 aliphatic rings. The second-order valence-electron chi connectivity index (χ2n) is 3.35. The average Bonchev–Trinajstić information content (AvgIpc) is 2.28. The molecule has 5 heteroatoms. The Bertz CT molecular complexity index is 407. The molecule has 0 heterocycles. The van der Waals surface area contributed by atoms with Crippen molar-refractivity contribution in [2.75, 3.05) is 20.6 Å². The lowest BCUT2D eigenvalue weighted by Gasteiger charge is -2.16. The largest absolute Gasteiger partial charge is 0.358 e. The zero-order chi connectivity index (χ0) is 12.1. The number of nitrogens with one attached hydrogen (secondary N) is 1. The number of carbonyl (C=O) groups excluding carboxylic acids is 2. The van der Waals surface area contributed by atoms with Gasteiger partial charge in [-0.15, -0.1) is 12.6 Å². The van der Waals surface area contributed by atoms with Crippen LogP contribution in [-0.4, -0.2) is 37.4 Å². The fourth-order valence-electron chi connectivity index (χ4n) is 1.23. The van der Waals surface area contributed by atoms with E-state index in [4.69, 9.17) is 0 Å². The molecule has 86 valence electrons. The second kappa shape index (κ2) is 5.55. The summed E-state index contributed by atoms with van der Waals surface area (Å²) in [5.41, 5.74) is 0.497. The minimum absolute atomic E-state index is 0.0391. The number of amides is 2. The van der Waals surface area contributed by atoms with Gasteiger partial charge in [-0.2, -0.15) is 0 Å². The van der Waals surface area contributed by atoms with Crippen LogP contribution in [0.4, 0.5) is 0 Å². The number of hydrogen-bond donors (Lipinski definition) is 2. The zero-order valence-electron chi connectivity index (χ0n) is 9.23. The molecule has 1 aromatic rings. The van der Waals surface area contributed by atoms with Gasteiger partial charge in [0.25, 0.3) is 5.91 Å². The van der Waals surface area contributed by atoms with Crippen LogP contribution >= 0.6 is 12.6 Å². The minimum Gasteiger partial charge on any atom is -0.358 e. The lowest BCUT2D eigenvalue weighted by atomic mass is 10.2. The maximum atomic E-state index is 11.9. The van der Waals surface area contributed by atoms with Gasteiger partial charge in [-0.1, -0.05) is 12.1 Å². The van der Waals surface area contributed by atoms with Gasteiger partial charge in [0.1, 0.15) is 0 Å². The molecule has 0 spiro atoms. The van der Waals surface area contributed by atoms with E-state index >= 15 is 0 Å². The number of hydrogen-bond acceptors (Lipinski definition) is 3. The predicted octanol–water partition coefficient (Wildman–Crippen LogP) is 0.793. The van der Waals surface area contributed by atoms with Crippen molar-refractivity contribution in [2.24, 2.45) is 0 Å². The quantitative estimate of drug-likeness (QED) is 0.765. The third-order valence-electron chi connectivity index (χ3n) is 2.14. The van der Waals surface area contributed by atoms with Gasteiger partial charge in [0.15, 0.2) is 0 Å². The number of thiol groups is 1. The van der Waals surface area contributed by atoms with Gasteiger partial charge in [-0.05, 0) is 12.1 Å². The Kier molecular flexibility index (Phi) is 4.37. The first kappa shape index (κ1) is 12.6. The molecular weight excluding hydrogens is 224 g/mol. The molecule has 0 bridgehead atoms. The van der Waals surface area contributed by atoms with Crippen LogP contribution in [0, 0.1) is 0 Å². The molecular formula is C11H14N2O2S. The summed E-state index contributed by atoms with van der Waals surface area (Å²) in [5.74, 6) is -0.415. The van der Waals surface area contributed by atoms with Gasteiger partial charge in [0, 0.05) is 19.0 Å². The topological polar surface area (TPSA) is 49.4 Å². The lowest BCUT2D eigenvalue weighted by molar-refractivity contribution is -0.121. The van der Waals surface area contributed by atoms with Gasteiger partial charge < -0.3 is 10.2 Å². The van der Waals surface area contributed by atoms with Crippen LogP contribution < -0.4 is 5.32 Å². The number of carbonyl (C=O) groups is 2. The highest BCUT2D eigenvalue weighted by Crippen LogP contribution is 2.14. The van der Waals surface area contributed by atoms with Crippen molar-refractivity contribution in [1.82, 2.24) is 10.2 Å². The molecule has 0 aromatic heterocycles. The number of benzene rings is 1. The summed E-state index contributed by atoms with van der Waals surface area (Å²) in [4.78, 5) is 25.0. The number of nitrogens with zero attached hydrogens (tertiary/aromatic N) is 1. The van der Waals surface area contributed by atoms with Crippen LogP contribution in [0.15, 0.2) is 29.2 Å². The average molecular weight is 238 g/mol. The minimum atomic E-state index is -0.214. The van der Waals surface area contributed by atoms with Gasteiger partial charge in [0.05, 0.1) is 12.1 Å². The van der Waals surface area contributed by atoms with Crippen LogP contribution in [0.3, 0.4) is 0 Å². The van der Waals surface area contributed by atoms with Gasteiger partial charge in [-0.25, -0.2) is 0 Å². The molecule has 2 amide bonds. The first-order chi connectivity index (χ1) is 7.56. The van der Waals surface area contributed by atoms with Crippen molar-refractivity contribution in [3.05, 3.63) is 29.8 Å². The first-order valence-electron chi connectivity index (χ1n) is 4.80. The Labute approximate surface area is 100 Å². The smallest absolute Gasteiger partial charge is 0.255 e.